The molecule has 0 bridgehead atoms. The van der Waals surface area contributed by atoms with Gasteiger partial charge in [-0.25, -0.2) is 4.98 Å². The van der Waals surface area contributed by atoms with Gasteiger partial charge >= 0.3 is 0 Å². The number of piperidine rings is 1. The molecule has 0 spiro atoms. The molecule has 1 N–H and O–H groups in total. The maximum absolute atomic E-state index is 4.67. The molecule has 1 aromatic heterocycles. The first kappa shape index (κ1) is 17.9. The Labute approximate surface area is 164 Å². The Morgan fingerprint density at radius 2 is 1.89 bits per heavy atom. The van der Waals surface area contributed by atoms with Gasteiger partial charge < -0.3 is 0 Å². The van der Waals surface area contributed by atoms with Crippen LogP contribution in [0.3, 0.4) is 0 Å². The average molecular weight is 377 g/mol. The number of anilines is 1. The summed E-state index contributed by atoms with van der Waals surface area (Å²) in [6.07, 6.45) is 2.02. The average Bonchev–Trinajstić information content (AvgIpc) is 3.17. The summed E-state index contributed by atoms with van der Waals surface area (Å²) in [6.45, 7) is 5.24. The lowest BCUT2D eigenvalue weighted by molar-refractivity contribution is 0.266. The molecule has 0 radical (unpaired) electrons. The third kappa shape index (κ3) is 4.81. The molecule has 2 heterocycles. The molecule has 138 valence electrons. The highest BCUT2D eigenvalue weighted by atomic mass is 32.1. The number of benzene rings is 2. The molecular formula is C22H24N4S. The van der Waals surface area contributed by atoms with Gasteiger partial charge in [0.15, 0.2) is 0 Å². The fraction of sp³-hybridized carbons (Fsp3) is 0.273. The van der Waals surface area contributed by atoms with Crippen molar-refractivity contribution in [2.75, 3.05) is 18.5 Å². The highest BCUT2D eigenvalue weighted by molar-refractivity contribution is 7.14. The van der Waals surface area contributed by atoms with Crippen molar-refractivity contribution in [1.29, 1.82) is 0 Å². The van der Waals surface area contributed by atoms with E-state index >= 15 is 0 Å². The Balaban J connectivity index is 1.31. The van der Waals surface area contributed by atoms with Crippen LogP contribution in [-0.4, -0.2) is 28.7 Å². The first-order valence-corrected chi connectivity index (χ1v) is 10.2. The molecule has 0 unspecified atom stereocenters. The van der Waals surface area contributed by atoms with Crippen LogP contribution in [-0.2, 0) is 6.54 Å². The van der Waals surface area contributed by atoms with Crippen molar-refractivity contribution in [3.8, 4) is 11.3 Å². The van der Waals surface area contributed by atoms with Crippen molar-refractivity contribution in [2.24, 2.45) is 5.10 Å². The van der Waals surface area contributed by atoms with Gasteiger partial charge in [0, 0.05) is 49.1 Å². The largest absolute Gasteiger partial charge is 0.298 e. The highest BCUT2D eigenvalue weighted by Crippen LogP contribution is 2.25. The standard InChI is InChI=1S/C22H24N4S/c1-17-6-5-9-19(14-17)21-16-27-22(23-21)25-24-20-10-12-26(13-11-20)15-18-7-3-2-4-8-18/h2-9,14,16H,10-13,15H2,1H3,(H,23,25). The van der Waals surface area contributed by atoms with Crippen molar-refractivity contribution in [3.63, 3.8) is 0 Å². The van der Waals surface area contributed by atoms with Crippen LogP contribution in [0, 0.1) is 6.92 Å². The molecule has 2 aromatic carbocycles. The number of thiazole rings is 1. The van der Waals surface area contributed by atoms with Crippen molar-refractivity contribution in [2.45, 2.75) is 26.3 Å². The van der Waals surface area contributed by atoms with Gasteiger partial charge in [0.2, 0.25) is 5.13 Å². The number of likely N-dealkylation sites (tertiary alicyclic amines) is 1. The van der Waals surface area contributed by atoms with E-state index in [-0.39, 0.29) is 0 Å². The lowest BCUT2D eigenvalue weighted by Gasteiger charge is -2.27. The van der Waals surface area contributed by atoms with E-state index < -0.39 is 0 Å². The second-order valence-corrected chi connectivity index (χ2v) is 7.82. The van der Waals surface area contributed by atoms with Gasteiger partial charge in [-0.2, -0.15) is 5.10 Å². The molecule has 0 saturated carbocycles. The minimum atomic E-state index is 0.853. The lowest BCUT2D eigenvalue weighted by atomic mass is 10.1. The van der Waals surface area contributed by atoms with Crippen LogP contribution in [0.2, 0.25) is 0 Å². The van der Waals surface area contributed by atoms with E-state index in [0.717, 1.165) is 48.9 Å². The fourth-order valence-electron chi connectivity index (χ4n) is 3.31. The molecule has 0 aliphatic carbocycles. The fourth-order valence-corrected chi connectivity index (χ4v) is 3.97. The van der Waals surface area contributed by atoms with Crippen LogP contribution < -0.4 is 5.43 Å². The molecule has 4 rings (SSSR count). The number of nitrogens with zero attached hydrogens (tertiary/aromatic N) is 3. The first-order chi connectivity index (χ1) is 13.3. The van der Waals surface area contributed by atoms with E-state index in [1.54, 1.807) is 11.3 Å². The van der Waals surface area contributed by atoms with Gasteiger partial charge in [-0.3, -0.25) is 10.3 Å². The van der Waals surface area contributed by atoms with E-state index in [4.69, 9.17) is 0 Å². The van der Waals surface area contributed by atoms with Crippen LogP contribution >= 0.6 is 11.3 Å². The number of aryl methyl sites for hydroxylation is 1. The van der Waals surface area contributed by atoms with Crippen LogP contribution in [0.25, 0.3) is 11.3 Å². The molecule has 0 amide bonds. The van der Waals surface area contributed by atoms with Crippen LogP contribution in [0.4, 0.5) is 5.13 Å². The van der Waals surface area contributed by atoms with Crippen molar-refractivity contribution in [1.82, 2.24) is 9.88 Å². The molecule has 0 atom stereocenters. The summed E-state index contributed by atoms with van der Waals surface area (Å²) in [6, 6.07) is 19.1. The van der Waals surface area contributed by atoms with E-state index in [1.165, 1.54) is 16.8 Å². The van der Waals surface area contributed by atoms with Crippen molar-refractivity contribution >= 4 is 22.2 Å². The van der Waals surface area contributed by atoms with Gasteiger partial charge in [-0.1, -0.05) is 54.1 Å². The monoisotopic (exact) mass is 376 g/mol. The van der Waals surface area contributed by atoms with Gasteiger partial charge in [0.25, 0.3) is 0 Å². The Morgan fingerprint density at radius 1 is 1.07 bits per heavy atom. The van der Waals surface area contributed by atoms with Gasteiger partial charge in [-0.15, -0.1) is 11.3 Å². The summed E-state index contributed by atoms with van der Waals surface area (Å²) >= 11 is 1.60. The third-order valence-corrected chi connectivity index (χ3v) is 5.56. The predicted molar refractivity (Wildman–Crippen MR) is 114 cm³/mol. The molecule has 1 aliphatic rings. The van der Waals surface area contributed by atoms with E-state index in [1.807, 2.05) is 0 Å². The number of hydrogen-bond donors (Lipinski definition) is 1. The summed E-state index contributed by atoms with van der Waals surface area (Å²) in [7, 11) is 0. The summed E-state index contributed by atoms with van der Waals surface area (Å²) in [5, 5.41) is 7.54. The van der Waals surface area contributed by atoms with Gasteiger partial charge in [0.1, 0.15) is 0 Å². The van der Waals surface area contributed by atoms with E-state index in [2.05, 4.69) is 87.3 Å². The minimum absolute atomic E-state index is 0.853. The smallest absolute Gasteiger partial charge is 0.203 e. The summed E-state index contributed by atoms with van der Waals surface area (Å²) in [5.74, 6) is 0. The SMILES string of the molecule is Cc1cccc(-c2csc(NN=C3CCN(Cc4ccccc4)CC3)n2)c1. The predicted octanol–water partition coefficient (Wildman–Crippen LogP) is 5.18. The van der Waals surface area contributed by atoms with Crippen molar-refractivity contribution in [3.05, 3.63) is 71.1 Å². The summed E-state index contributed by atoms with van der Waals surface area (Å²) in [4.78, 5) is 7.16. The molecule has 4 nitrogen and oxygen atoms in total. The Hall–Kier alpha value is -2.50. The molecular weight excluding hydrogens is 352 g/mol. The number of aromatic nitrogens is 1. The molecule has 27 heavy (non-hydrogen) atoms. The zero-order chi connectivity index (χ0) is 18.5. The van der Waals surface area contributed by atoms with Crippen LogP contribution in [0.15, 0.2) is 65.1 Å². The second kappa shape index (κ2) is 8.46. The maximum Gasteiger partial charge on any atom is 0.203 e. The number of rotatable bonds is 5. The van der Waals surface area contributed by atoms with E-state index in [0.29, 0.717) is 0 Å². The van der Waals surface area contributed by atoms with E-state index in [9.17, 15) is 0 Å². The number of hydrazone groups is 1. The topological polar surface area (TPSA) is 40.5 Å². The van der Waals surface area contributed by atoms with Gasteiger partial charge in [0.05, 0.1) is 5.69 Å². The maximum atomic E-state index is 4.67. The molecule has 1 saturated heterocycles. The molecule has 1 aliphatic heterocycles. The minimum Gasteiger partial charge on any atom is -0.298 e. The molecule has 5 heteroatoms. The molecule has 3 aromatic rings. The Bertz CT molecular complexity index is 907. The van der Waals surface area contributed by atoms with Crippen molar-refractivity contribution < 1.29 is 0 Å². The first-order valence-electron chi connectivity index (χ1n) is 9.36. The Morgan fingerprint density at radius 3 is 2.67 bits per heavy atom. The molecule has 1 fully saturated rings. The van der Waals surface area contributed by atoms with Crippen LogP contribution in [0.1, 0.15) is 24.0 Å². The summed E-state index contributed by atoms with van der Waals surface area (Å²) in [5.41, 5.74) is 9.17. The number of nitrogens with one attached hydrogen (secondary N) is 1. The summed E-state index contributed by atoms with van der Waals surface area (Å²) < 4.78 is 0. The normalized spacial score (nSPS) is 14.9. The lowest BCUT2D eigenvalue weighted by Crippen LogP contribution is -2.33. The third-order valence-electron chi connectivity index (χ3n) is 4.81. The quantitative estimate of drug-likeness (QED) is 0.624. The second-order valence-electron chi connectivity index (χ2n) is 6.96. The zero-order valence-corrected chi connectivity index (χ0v) is 16.4. The zero-order valence-electron chi connectivity index (χ0n) is 15.6. The van der Waals surface area contributed by atoms with Crippen LogP contribution in [0.5, 0.6) is 0 Å². The highest BCUT2D eigenvalue weighted by Gasteiger charge is 2.15. The Kier molecular flexibility index (Phi) is 5.61. The van der Waals surface area contributed by atoms with Gasteiger partial charge in [-0.05, 0) is 18.6 Å². The number of hydrogen-bond acceptors (Lipinski definition) is 5.